The van der Waals surface area contributed by atoms with Gasteiger partial charge >= 0.3 is 0 Å². The minimum Gasteiger partial charge on any atom is -0.396 e. The summed E-state index contributed by atoms with van der Waals surface area (Å²) < 4.78 is 0. The van der Waals surface area contributed by atoms with E-state index in [1.165, 1.54) is 13.8 Å². The van der Waals surface area contributed by atoms with Gasteiger partial charge in [0.15, 0.2) is 0 Å². The van der Waals surface area contributed by atoms with Gasteiger partial charge in [0, 0.05) is 6.61 Å². The van der Waals surface area contributed by atoms with E-state index < -0.39 is 11.7 Å². The van der Waals surface area contributed by atoms with Crippen molar-refractivity contribution in [2.45, 2.75) is 32.0 Å². The van der Waals surface area contributed by atoms with Crippen molar-refractivity contribution in [2.24, 2.45) is 0 Å². The Morgan fingerprint density at radius 2 is 1.89 bits per heavy atom. The third-order valence-electron chi connectivity index (χ3n) is 1.22. The van der Waals surface area contributed by atoms with Crippen LogP contribution in [0.5, 0.6) is 0 Å². The number of rotatable bonds is 3. The molecule has 0 aromatic rings. The van der Waals surface area contributed by atoms with Crippen LogP contribution in [0.15, 0.2) is 0 Å². The molecule has 0 aromatic carbocycles. The Labute approximate surface area is 54.9 Å². The largest absolute Gasteiger partial charge is 0.396 e. The van der Waals surface area contributed by atoms with Gasteiger partial charge in [-0.3, -0.25) is 0 Å². The Hall–Kier alpha value is -0.120. The number of aliphatic hydroxyl groups excluding tert-OH is 2. The Morgan fingerprint density at radius 3 is 2.00 bits per heavy atom. The first kappa shape index (κ1) is 8.88. The van der Waals surface area contributed by atoms with Gasteiger partial charge in [-0.1, -0.05) is 0 Å². The zero-order chi connectivity index (χ0) is 7.49. The Bertz CT molecular complexity index is 74.9. The van der Waals surface area contributed by atoms with Gasteiger partial charge < -0.3 is 15.3 Å². The van der Waals surface area contributed by atoms with E-state index in [0.29, 0.717) is 0 Å². The first-order valence-corrected chi connectivity index (χ1v) is 2.99. The summed E-state index contributed by atoms with van der Waals surface area (Å²) in [5, 5.41) is 26.4. The lowest BCUT2D eigenvalue weighted by molar-refractivity contribution is -0.0569. The van der Waals surface area contributed by atoms with Crippen LogP contribution in [-0.2, 0) is 0 Å². The maximum absolute atomic E-state index is 9.06. The summed E-state index contributed by atoms with van der Waals surface area (Å²) in [5.74, 6) is 0. The predicted molar refractivity (Wildman–Crippen MR) is 34.0 cm³/mol. The molecule has 0 bridgehead atoms. The lowest BCUT2D eigenvalue weighted by Gasteiger charge is -2.23. The van der Waals surface area contributed by atoms with Gasteiger partial charge in [0.2, 0.25) is 0 Å². The Kier molecular flexibility index (Phi) is 3.11. The van der Waals surface area contributed by atoms with Crippen molar-refractivity contribution in [1.29, 1.82) is 0 Å². The third-order valence-corrected chi connectivity index (χ3v) is 1.22. The standard InChI is InChI=1S/C6H14O3/c1-6(2,9)5(8)3-4-7/h5,7-9H,3-4H2,1-2H3/t5-/m0/s1. The molecule has 0 rings (SSSR count). The molecule has 0 saturated heterocycles. The smallest absolute Gasteiger partial charge is 0.0850 e. The highest BCUT2D eigenvalue weighted by Gasteiger charge is 2.23. The average molecular weight is 134 g/mol. The molecule has 3 nitrogen and oxygen atoms in total. The average Bonchev–Trinajstić information content (AvgIpc) is 1.64. The maximum atomic E-state index is 9.06. The van der Waals surface area contributed by atoms with E-state index in [4.69, 9.17) is 15.3 Å². The summed E-state index contributed by atoms with van der Waals surface area (Å²) in [6, 6.07) is 0. The topological polar surface area (TPSA) is 60.7 Å². The van der Waals surface area contributed by atoms with E-state index in [9.17, 15) is 0 Å². The van der Waals surface area contributed by atoms with Crippen LogP contribution in [0.3, 0.4) is 0 Å². The highest BCUT2D eigenvalue weighted by atomic mass is 16.3. The van der Waals surface area contributed by atoms with E-state index in [1.54, 1.807) is 0 Å². The second-order valence-corrected chi connectivity index (χ2v) is 2.68. The molecule has 56 valence electrons. The third kappa shape index (κ3) is 3.46. The molecular formula is C6H14O3. The molecule has 0 fully saturated rings. The van der Waals surface area contributed by atoms with Crippen LogP contribution in [-0.4, -0.2) is 33.6 Å². The molecule has 0 unspecified atom stereocenters. The molecule has 0 aliphatic heterocycles. The van der Waals surface area contributed by atoms with Gasteiger partial charge in [0.25, 0.3) is 0 Å². The molecule has 3 heteroatoms. The van der Waals surface area contributed by atoms with Gasteiger partial charge in [-0.25, -0.2) is 0 Å². The first-order chi connectivity index (χ1) is 3.98. The summed E-state index contributed by atoms with van der Waals surface area (Å²) >= 11 is 0. The van der Waals surface area contributed by atoms with Gasteiger partial charge in [0.1, 0.15) is 0 Å². The second-order valence-electron chi connectivity index (χ2n) is 2.68. The summed E-state index contributed by atoms with van der Waals surface area (Å²) in [7, 11) is 0. The number of hydrogen-bond donors (Lipinski definition) is 3. The van der Waals surface area contributed by atoms with Crippen LogP contribution in [0.2, 0.25) is 0 Å². The normalized spacial score (nSPS) is 15.7. The fraction of sp³-hybridized carbons (Fsp3) is 1.00. The van der Waals surface area contributed by atoms with Crippen LogP contribution in [0, 0.1) is 0 Å². The lowest BCUT2D eigenvalue weighted by Crippen LogP contribution is -2.36. The molecule has 0 heterocycles. The molecule has 0 aliphatic carbocycles. The summed E-state index contributed by atoms with van der Waals surface area (Å²) in [5.41, 5.74) is -1.09. The van der Waals surface area contributed by atoms with Crippen molar-refractivity contribution in [1.82, 2.24) is 0 Å². The quantitative estimate of drug-likeness (QED) is 0.487. The van der Waals surface area contributed by atoms with E-state index in [0.717, 1.165) is 0 Å². The van der Waals surface area contributed by atoms with E-state index in [2.05, 4.69) is 0 Å². The Balaban J connectivity index is 3.59. The van der Waals surface area contributed by atoms with Crippen LogP contribution in [0.1, 0.15) is 20.3 Å². The van der Waals surface area contributed by atoms with Crippen LogP contribution < -0.4 is 0 Å². The molecule has 0 amide bonds. The minimum atomic E-state index is -1.09. The van der Waals surface area contributed by atoms with Crippen molar-refractivity contribution in [2.75, 3.05) is 6.61 Å². The van der Waals surface area contributed by atoms with Crippen molar-refractivity contribution in [3.8, 4) is 0 Å². The molecule has 9 heavy (non-hydrogen) atoms. The lowest BCUT2D eigenvalue weighted by atomic mass is 10.00. The van der Waals surface area contributed by atoms with E-state index in [1.807, 2.05) is 0 Å². The minimum absolute atomic E-state index is 0.0921. The monoisotopic (exact) mass is 134 g/mol. The number of aliphatic hydroxyl groups is 3. The molecule has 3 N–H and O–H groups in total. The van der Waals surface area contributed by atoms with Crippen molar-refractivity contribution >= 4 is 0 Å². The van der Waals surface area contributed by atoms with Crippen molar-refractivity contribution < 1.29 is 15.3 Å². The fourth-order valence-corrected chi connectivity index (χ4v) is 0.476. The molecule has 0 aromatic heterocycles. The van der Waals surface area contributed by atoms with Gasteiger partial charge in [-0.2, -0.15) is 0 Å². The second kappa shape index (κ2) is 3.15. The summed E-state index contributed by atoms with van der Waals surface area (Å²) in [6.07, 6.45) is -0.605. The zero-order valence-electron chi connectivity index (χ0n) is 5.83. The SMILES string of the molecule is CC(C)(O)[C@@H](O)CCO. The van der Waals surface area contributed by atoms with Crippen LogP contribution in [0.25, 0.3) is 0 Å². The molecular weight excluding hydrogens is 120 g/mol. The maximum Gasteiger partial charge on any atom is 0.0850 e. The van der Waals surface area contributed by atoms with Gasteiger partial charge in [-0.15, -0.1) is 0 Å². The fourth-order valence-electron chi connectivity index (χ4n) is 0.476. The summed E-state index contributed by atoms with van der Waals surface area (Å²) in [6.45, 7) is 2.92. The molecule has 0 spiro atoms. The molecule has 0 aliphatic rings. The van der Waals surface area contributed by atoms with Gasteiger partial charge in [0.05, 0.1) is 11.7 Å². The molecule has 0 saturated carbocycles. The first-order valence-electron chi connectivity index (χ1n) is 2.99. The van der Waals surface area contributed by atoms with Crippen LogP contribution >= 0.6 is 0 Å². The highest BCUT2D eigenvalue weighted by Crippen LogP contribution is 2.10. The van der Waals surface area contributed by atoms with Crippen molar-refractivity contribution in [3.05, 3.63) is 0 Å². The Morgan fingerprint density at radius 1 is 1.44 bits per heavy atom. The van der Waals surface area contributed by atoms with E-state index >= 15 is 0 Å². The number of hydrogen-bond acceptors (Lipinski definition) is 3. The van der Waals surface area contributed by atoms with Gasteiger partial charge in [-0.05, 0) is 20.3 Å². The zero-order valence-corrected chi connectivity index (χ0v) is 5.83. The predicted octanol–water partition coefficient (Wildman–Crippen LogP) is -0.499. The van der Waals surface area contributed by atoms with Crippen LogP contribution in [0.4, 0.5) is 0 Å². The molecule has 0 radical (unpaired) electrons. The van der Waals surface area contributed by atoms with Crippen molar-refractivity contribution in [3.63, 3.8) is 0 Å². The van der Waals surface area contributed by atoms with E-state index in [-0.39, 0.29) is 13.0 Å². The molecule has 1 atom stereocenters. The summed E-state index contributed by atoms with van der Waals surface area (Å²) in [4.78, 5) is 0. The highest BCUT2D eigenvalue weighted by molar-refractivity contribution is 4.75.